The molecule has 0 aromatic carbocycles. The maximum absolute atomic E-state index is 13.7. The summed E-state index contributed by atoms with van der Waals surface area (Å²) in [7, 11) is 0. The van der Waals surface area contributed by atoms with E-state index in [9.17, 15) is 9.18 Å². The lowest BCUT2D eigenvalue weighted by Gasteiger charge is -2.29. The van der Waals surface area contributed by atoms with E-state index in [1.165, 1.54) is 12.3 Å². The summed E-state index contributed by atoms with van der Waals surface area (Å²) < 4.78 is 13.7. The highest BCUT2D eigenvalue weighted by Crippen LogP contribution is 2.26. The summed E-state index contributed by atoms with van der Waals surface area (Å²) in [5.74, 6) is -0.335. The van der Waals surface area contributed by atoms with Crippen LogP contribution in [0.25, 0.3) is 0 Å². The van der Waals surface area contributed by atoms with Gasteiger partial charge in [0.25, 0.3) is 5.91 Å². The number of nitrogens with zero attached hydrogens (tertiary/aromatic N) is 2. The normalized spacial score (nSPS) is 15.8. The van der Waals surface area contributed by atoms with Crippen molar-refractivity contribution in [1.29, 1.82) is 0 Å². The van der Waals surface area contributed by atoms with Crippen molar-refractivity contribution >= 4 is 5.91 Å². The average Bonchev–Trinajstić information content (AvgIpc) is 2.93. The van der Waals surface area contributed by atoms with Crippen LogP contribution in [0.15, 0.2) is 18.3 Å². The highest BCUT2D eigenvalue weighted by molar-refractivity contribution is 5.94. The molecule has 1 aromatic heterocycles. The molecule has 0 aliphatic heterocycles. The van der Waals surface area contributed by atoms with Crippen LogP contribution in [-0.4, -0.2) is 28.4 Å². The summed E-state index contributed by atoms with van der Waals surface area (Å²) in [5, 5.41) is 0. The third-order valence-corrected chi connectivity index (χ3v) is 3.96. The fourth-order valence-electron chi connectivity index (χ4n) is 2.76. The van der Waals surface area contributed by atoms with E-state index in [0.717, 1.165) is 32.1 Å². The second kappa shape index (κ2) is 6.82. The third kappa shape index (κ3) is 3.56. The van der Waals surface area contributed by atoms with Crippen LogP contribution >= 0.6 is 0 Å². The first-order chi connectivity index (χ1) is 9.59. The molecule has 4 heteroatoms. The Morgan fingerprint density at radius 3 is 2.75 bits per heavy atom. The van der Waals surface area contributed by atoms with Gasteiger partial charge in [0.1, 0.15) is 0 Å². The Labute approximate surface area is 120 Å². The van der Waals surface area contributed by atoms with Crippen molar-refractivity contribution in [3.63, 3.8) is 0 Å². The molecule has 1 aliphatic rings. The Kier molecular flexibility index (Phi) is 5.10. The van der Waals surface area contributed by atoms with Crippen molar-refractivity contribution in [2.24, 2.45) is 5.92 Å². The molecule has 0 atom stereocenters. The van der Waals surface area contributed by atoms with Crippen LogP contribution in [0.4, 0.5) is 4.39 Å². The lowest BCUT2D eigenvalue weighted by molar-refractivity contribution is 0.0666. The number of halogens is 1. The molecule has 0 radical (unpaired) electrons. The molecule has 0 spiro atoms. The highest BCUT2D eigenvalue weighted by atomic mass is 19.1. The first-order valence-electron chi connectivity index (χ1n) is 7.51. The van der Waals surface area contributed by atoms with Crippen LogP contribution in [0.3, 0.4) is 0 Å². The predicted octanol–water partition coefficient (Wildman–Crippen LogP) is 3.65. The predicted molar refractivity (Wildman–Crippen MR) is 76.9 cm³/mol. The lowest BCUT2D eigenvalue weighted by Crippen LogP contribution is -2.40. The molecule has 20 heavy (non-hydrogen) atoms. The van der Waals surface area contributed by atoms with Crippen LogP contribution in [-0.2, 0) is 0 Å². The largest absolute Gasteiger partial charge is 0.336 e. The molecule has 1 aliphatic carbocycles. The third-order valence-electron chi connectivity index (χ3n) is 3.96. The summed E-state index contributed by atoms with van der Waals surface area (Å²) >= 11 is 0. The average molecular weight is 278 g/mol. The van der Waals surface area contributed by atoms with Crippen LogP contribution in [0.1, 0.15) is 56.3 Å². The Balaban J connectivity index is 2.16. The number of hydrogen-bond acceptors (Lipinski definition) is 2. The van der Waals surface area contributed by atoms with E-state index in [0.29, 0.717) is 12.5 Å². The SMILES string of the molecule is CC(C)CCN(C(=O)c1cccnc1F)C1CCCC1. The van der Waals surface area contributed by atoms with Gasteiger partial charge in [-0.25, -0.2) is 4.98 Å². The monoisotopic (exact) mass is 278 g/mol. The fourth-order valence-corrected chi connectivity index (χ4v) is 2.76. The molecule has 1 heterocycles. The number of rotatable bonds is 5. The molecule has 3 nitrogen and oxygen atoms in total. The lowest BCUT2D eigenvalue weighted by atomic mass is 10.1. The summed E-state index contributed by atoms with van der Waals surface area (Å²) in [5.41, 5.74) is 0.100. The van der Waals surface area contributed by atoms with Crippen molar-refractivity contribution in [2.75, 3.05) is 6.54 Å². The molecule has 1 amide bonds. The van der Waals surface area contributed by atoms with Gasteiger partial charge < -0.3 is 4.90 Å². The molecular weight excluding hydrogens is 255 g/mol. The zero-order valence-electron chi connectivity index (χ0n) is 12.3. The van der Waals surface area contributed by atoms with E-state index in [4.69, 9.17) is 0 Å². The Morgan fingerprint density at radius 1 is 1.45 bits per heavy atom. The Bertz CT molecular complexity index is 456. The zero-order chi connectivity index (χ0) is 14.5. The first-order valence-corrected chi connectivity index (χ1v) is 7.51. The minimum absolute atomic E-state index is 0.100. The summed E-state index contributed by atoms with van der Waals surface area (Å²) in [6.45, 7) is 4.99. The highest BCUT2D eigenvalue weighted by Gasteiger charge is 2.28. The molecular formula is C16H23FN2O. The molecule has 110 valence electrons. The van der Waals surface area contributed by atoms with Crippen molar-refractivity contribution in [3.05, 3.63) is 29.8 Å². The van der Waals surface area contributed by atoms with Gasteiger partial charge in [-0.1, -0.05) is 26.7 Å². The van der Waals surface area contributed by atoms with Crippen molar-refractivity contribution in [3.8, 4) is 0 Å². The van der Waals surface area contributed by atoms with E-state index < -0.39 is 5.95 Å². The number of pyridine rings is 1. The van der Waals surface area contributed by atoms with Gasteiger partial charge in [0.2, 0.25) is 5.95 Å². The van der Waals surface area contributed by atoms with Crippen LogP contribution in [0.2, 0.25) is 0 Å². The van der Waals surface area contributed by atoms with Crippen molar-refractivity contribution in [1.82, 2.24) is 9.88 Å². The summed E-state index contributed by atoms with van der Waals surface area (Å²) in [4.78, 5) is 18.1. The van der Waals surface area contributed by atoms with Gasteiger partial charge in [-0.05, 0) is 37.3 Å². The van der Waals surface area contributed by atoms with E-state index in [2.05, 4.69) is 18.8 Å². The van der Waals surface area contributed by atoms with Crippen LogP contribution < -0.4 is 0 Å². The summed E-state index contributed by atoms with van der Waals surface area (Å²) in [6.07, 6.45) is 6.71. The van der Waals surface area contributed by atoms with Crippen LogP contribution in [0, 0.1) is 11.9 Å². The van der Waals surface area contributed by atoms with E-state index in [1.54, 1.807) is 6.07 Å². The smallest absolute Gasteiger partial charge is 0.258 e. The molecule has 1 saturated carbocycles. The van der Waals surface area contributed by atoms with Crippen molar-refractivity contribution in [2.45, 2.75) is 52.0 Å². The van der Waals surface area contributed by atoms with Crippen molar-refractivity contribution < 1.29 is 9.18 Å². The molecule has 0 bridgehead atoms. The maximum atomic E-state index is 13.7. The van der Waals surface area contributed by atoms with E-state index >= 15 is 0 Å². The molecule has 1 fully saturated rings. The Hall–Kier alpha value is -1.45. The minimum atomic E-state index is -0.662. The van der Waals surface area contributed by atoms with Gasteiger partial charge in [-0.2, -0.15) is 4.39 Å². The number of carbonyl (C=O) groups is 1. The molecule has 1 aromatic rings. The zero-order valence-corrected chi connectivity index (χ0v) is 12.3. The first kappa shape index (κ1) is 14.9. The van der Waals surface area contributed by atoms with Gasteiger partial charge in [0.05, 0.1) is 5.56 Å². The fraction of sp³-hybridized carbons (Fsp3) is 0.625. The minimum Gasteiger partial charge on any atom is -0.336 e. The maximum Gasteiger partial charge on any atom is 0.258 e. The summed E-state index contributed by atoms with van der Waals surface area (Å²) in [6, 6.07) is 3.41. The van der Waals surface area contributed by atoms with Crippen LogP contribution in [0.5, 0.6) is 0 Å². The second-order valence-electron chi connectivity index (χ2n) is 5.96. The van der Waals surface area contributed by atoms with Gasteiger partial charge in [-0.3, -0.25) is 4.79 Å². The topological polar surface area (TPSA) is 33.2 Å². The number of carbonyl (C=O) groups excluding carboxylic acids is 1. The second-order valence-corrected chi connectivity index (χ2v) is 5.96. The standard InChI is InChI=1S/C16H23FN2O/c1-12(2)9-11-19(13-6-3-4-7-13)16(20)14-8-5-10-18-15(14)17/h5,8,10,12-13H,3-4,6-7,9,11H2,1-2H3. The van der Waals surface area contributed by atoms with Gasteiger partial charge in [0, 0.05) is 18.8 Å². The van der Waals surface area contributed by atoms with Gasteiger partial charge in [-0.15, -0.1) is 0 Å². The quantitative estimate of drug-likeness (QED) is 0.770. The Morgan fingerprint density at radius 2 is 2.15 bits per heavy atom. The van der Waals surface area contributed by atoms with Gasteiger partial charge >= 0.3 is 0 Å². The van der Waals surface area contributed by atoms with Gasteiger partial charge in [0.15, 0.2) is 0 Å². The van der Waals surface area contributed by atoms with E-state index in [-0.39, 0.29) is 17.5 Å². The number of hydrogen-bond donors (Lipinski definition) is 0. The number of aromatic nitrogens is 1. The molecule has 2 rings (SSSR count). The van der Waals surface area contributed by atoms with E-state index in [1.807, 2.05) is 4.90 Å². The molecule has 0 saturated heterocycles. The molecule has 0 N–H and O–H groups in total. The number of amides is 1. The molecule has 0 unspecified atom stereocenters.